The van der Waals surface area contributed by atoms with Crippen molar-refractivity contribution in [2.24, 2.45) is 4.99 Å². The molecule has 152 valence electrons. The summed E-state index contributed by atoms with van der Waals surface area (Å²) in [5, 5.41) is 8.08. The number of benzene rings is 1. The Balaban J connectivity index is 1.75. The lowest BCUT2D eigenvalue weighted by atomic mass is 10.0. The summed E-state index contributed by atoms with van der Waals surface area (Å²) >= 11 is 8.02. The highest BCUT2D eigenvalue weighted by molar-refractivity contribution is 7.11. The number of rotatable bonds is 7. The number of thiazole rings is 1. The minimum atomic E-state index is -0.258. The van der Waals surface area contributed by atoms with E-state index in [0.717, 1.165) is 37.5 Å². The molecule has 1 aromatic carbocycles. The van der Waals surface area contributed by atoms with Crippen LogP contribution in [0.15, 0.2) is 29.4 Å². The normalized spacial score (nSPS) is 16.4. The van der Waals surface area contributed by atoms with Crippen molar-refractivity contribution >= 4 is 28.9 Å². The van der Waals surface area contributed by atoms with Gasteiger partial charge in [-0.25, -0.2) is 14.4 Å². The molecule has 1 saturated heterocycles. The van der Waals surface area contributed by atoms with Crippen molar-refractivity contribution in [1.82, 2.24) is 20.5 Å². The molecule has 2 aromatic rings. The Labute approximate surface area is 175 Å². The molecular formula is C20H27ClFN5S. The van der Waals surface area contributed by atoms with Crippen molar-refractivity contribution < 1.29 is 4.39 Å². The van der Waals surface area contributed by atoms with Crippen LogP contribution in [-0.2, 0) is 6.54 Å². The van der Waals surface area contributed by atoms with Gasteiger partial charge in [0.05, 0.1) is 12.6 Å². The van der Waals surface area contributed by atoms with Gasteiger partial charge in [0.25, 0.3) is 0 Å². The molecule has 0 saturated carbocycles. The zero-order valence-corrected chi connectivity index (χ0v) is 17.9. The van der Waals surface area contributed by atoms with Gasteiger partial charge in [-0.3, -0.25) is 4.90 Å². The first-order valence-electron chi connectivity index (χ1n) is 9.70. The number of guanidine groups is 1. The van der Waals surface area contributed by atoms with E-state index in [1.54, 1.807) is 23.5 Å². The molecule has 28 heavy (non-hydrogen) atoms. The van der Waals surface area contributed by atoms with E-state index in [1.165, 1.54) is 10.9 Å². The van der Waals surface area contributed by atoms with Gasteiger partial charge >= 0.3 is 0 Å². The molecule has 2 N–H and O–H groups in total. The Morgan fingerprint density at radius 2 is 2.14 bits per heavy atom. The van der Waals surface area contributed by atoms with Crippen LogP contribution in [0.5, 0.6) is 0 Å². The van der Waals surface area contributed by atoms with Crippen LogP contribution >= 0.6 is 22.9 Å². The quantitative estimate of drug-likeness (QED) is 0.519. The standard InChI is InChI=1S/C20H27ClFN5S/c1-3-23-20(26-13-18-24-11-14(2)28-18)25-12-17(27-9-4-5-10-27)19-15(21)7-6-8-16(19)22/h6-8,11,17H,3-5,9-10,12-13H2,1-2H3,(H2,23,25,26). The Bertz CT molecular complexity index is 783. The van der Waals surface area contributed by atoms with Crippen molar-refractivity contribution in [3.8, 4) is 0 Å². The number of nitrogens with zero attached hydrogens (tertiary/aromatic N) is 3. The van der Waals surface area contributed by atoms with Crippen LogP contribution < -0.4 is 10.6 Å². The molecule has 0 bridgehead atoms. The van der Waals surface area contributed by atoms with E-state index < -0.39 is 0 Å². The molecular weight excluding hydrogens is 397 g/mol. The van der Waals surface area contributed by atoms with E-state index >= 15 is 0 Å². The van der Waals surface area contributed by atoms with Gasteiger partial charge in [0.15, 0.2) is 5.96 Å². The number of aliphatic imine (C=N–C) groups is 1. The van der Waals surface area contributed by atoms with Crippen molar-refractivity contribution in [3.63, 3.8) is 0 Å². The van der Waals surface area contributed by atoms with E-state index in [-0.39, 0.29) is 11.9 Å². The summed E-state index contributed by atoms with van der Waals surface area (Å²) in [5.41, 5.74) is 0.560. The van der Waals surface area contributed by atoms with Gasteiger partial charge in [-0.15, -0.1) is 11.3 Å². The van der Waals surface area contributed by atoms with Gasteiger partial charge in [0.2, 0.25) is 0 Å². The maximum atomic E-state index is 14.6. The Morgan fingerprint density at radius 3 is 2.79 bits per heavy atom. The Kier molecular flexibility index (Phi) is 7.65. The monoisotopic (exact) mass is 423 g/mol. The summed E-state index contributed by atoms with van der Waals surface area (Å²) < 4.78 is 14.6. The summed E-state index contributed by atoms with van der Waals surface area (Å²) in [5.74, 6) is 0.443. The first-order valence-corrected chi connectivity index (χ1v) is 10.9. The highest BCUT2D eigenvalue weighted by Gasteiger charge is 2.27. The van der Waals surface area contributed by atoms with E-state index in [1.807, 2.05) is 20.0 Å². The second-order valence-electron chi connectivity index (χ2n) is 6.83. The number of aryl methyl sites for hydroxylation is 1. The first kappa shape index (κ1) is 21.0. The smallest absolute Gasteiger partial charge is 0.191 e. The maximum Gasteiger partial charge on any atom is 0.191 e. The zero-order chi connectivity index (χ0) is 19.9. The van der Waals surface area contributed by atoms with Crippen LogP contribution in [0, 0.1) is 12.7 Å². The maximum absolute atomic E-state index is 14.6. The Hall–Kier alpha value is -1.70. The summed E-state index contributed by atoms with van der Waals surface area (Å²) in [4.78, 5) is 12.5. The highest BCUT2D eigenvalue weighted by atomic mass is 35.5. The lowest BCUT2D eigenvalue weighted by molar-refractivity contribution is 0.240. The van der Waals surface area contributed by atoms with Gasteiger partial charge in [-0.2, -0.15) is 0 Å². The second kappa shape index (κ2) is 10.2. The molecule has 1 atom stereocenters. The molecule has 1 aliphatic rings. The van der Waals surface area contributed by atoms with E-state index in [4.69, 9.17) is 11.6 Å². The third-order valence-corrected chi connectivity index (χ3v) is 5.99. The van der Waals surface area contributed by atoms with Crippen LogP contribution in [-0.4, -0.2) is 42.0 Å². The SMILES string of the molecule is CCNC(=NCc1ncc(C)s1)NCC(c1c(F)cccc1Cl)N1CCCC1. The molecule has 0 aliphatic carbocycles. The fraction of sp³-hybridized carbons (Fsp3) is 0.500. The highest BCUT2D eigenvalue weighted by Crippen LogP contribution is 2.31. The van der Waals surface area contributed by atoms with Gasteiger partial charge in [0, 0.05) is 34.7 Å². The van der Waals surface area contributed by atoms with E-state index in [2.05, 4.69) is 25.5 Å². The van der Waals surface area contributed by atoms with Crippen LogP contribution in [0.2, 0.25) is 5.02 Å². The molecule has 1 unspecified atom stereocenters. The lowest BCUT2D eigenvalue weighted by Crippen LogP contribution is -2.43. The van der Waals surface area contributed by atoms with Crippen LogP contribution in [0.1, 0.15) is 41.3 Å². The van der Waals surface area contributed by atoms with Crippen molar-refractivity contribution in [2.45, 2.75) is 39.3 Å². The van der Waals surface area contributed by atoms with Crippen LogP contribution in [0.25, 0.3) is 0 Å². The molecule has 3 rings (SSSR count). The second-order valence-corrected chi connectivity index (χ2v) is 8.56. The third-order valence-electron chi connectivity index (χ3n) is 4.76. The summed E-state index contributed by atoms with van der Waals surface area (Å²) in [6.45, 7) is 7.75. The average molecular weight is 424 g/mol. The first-order chi connectivity index (χ1) is 13.6. The largest absolute Gasteiger partial charge is 0.357 e. The molecule has 8 heteroatoms. The van der Waals surface area contributed by atoms with Gasteiger partial charge in [-0.05, 0) is 51.9 Å². The average Bonchev–Trinajstić information content (AvgIpc) is 3.33. The molecule has 0 spiro atoms. The van der Waals surface area contributed by atoms with Crippen molar-refractivity contribution in [3.05, 3.63) is 50.7 Å². The number of nitrogens with one attached hydrogen (secondary N) is 2. The van der Waals surface area contributed by atoms with Gasteiger partial charge in [-0.1, -0.05) is 17.7 Å². The van der Waals surface area contributed by atoms with Crippen LogP contribution in [0.3, 0.4) is 0 Å². The molecule has 0 radical (unpaired) electrons. The minimum Gasteiger partial charge on any atom is -0.357 e. The topological polar surface area (TPSA) is 52.6 Å². The number of hydrogen-bond donors (Lipinski definition) is 2. The summed E-state index contributed by atoms with van der Waals surface area (Å²) in [6, 6.07) is 4.75. The molecule has 1 fully saturated rings. The summed E-state index contributed by atoms with van der Waals surface area (Å²) in [7, 11) is 0. The predicted molar refractivity (Wildman–Crippen MR) is 115 cm³/mol. The molecule has 1 aliphatic heterocycles. The van der Waals surface area contributed by atoms with Crippen molar-refractivity contribution in [2.75, 3.05) is 26.2 Å². The van der Waals surface area contributed by atoms with E-state index in [0.29, 0.717) is 29.6 Å². The lowest BCUT2D eigenvalue weighted by Gasteiger charge is -2.29. The molecule has 1 aromatic heterocycles. The fourth-order valence-electron chi connectivity index (χ4n) is 3.45. The van der Waals surface area contributed by atoms with Crippen molar-refractivity contribution in [1.29, 1.82) is 0 Å². The number of halogens is 2. The number of likely N-dealkylation sites (tertiary alicyclic amines) is 1. The number of aromatic nitrogens is 1. The molecule has 5 nitrogen and oxygen atoms in total. The molecule has 0 amide bonds. The van der Waals surface area contributed by atoms with Gasteiger partial charge in [0.1, 0.15) is 10.8 Å². The number of hydrogen-bond acceptors (Lipinski definition) is 4. The third kappa shape index (κ3) is 5.43. The predicted octanol–water partition coefficient (Wildman–Crippen LogP) is 4.14. The minimum absolute atomic E-state index is 0.137. The zero-order valence-electron chi connectivity index (χ0n) is 16.3. The van der Waals surface area contributed by atoms with Crippen LogP contribution in [0.4, 0.5) is 4.39 Å². The van der Waals surface area contributed by atoms with E-state index in [9.17, 15) is 4.39 Å². The fourth-order valence-corrected chi connectivity index (χ4v) is 4.45. The molecule has 2 heterocycles. The summed E-state index contributed by atoms with van der Waals surface area (Å²) in [6.07, 6.45) is 4.11. The Morgan fingerprint density at radius 1 is 1.36 bits per heavy atom. The van der Waals surface area contributed by atoms with Gasteiger partial charge < -0.3 is 10.6 Å².